The van der Waals surface area contributed by atoms with Gasteiger partial charge in [0, 0.05) is 25.9 Å². The fraction of sp³-hybridized carbons (Fsp3) is 0.286. The topological polar surface area (TPSA) is 67.9 Å². The van der Waals surface area contributed by atoms with Crippen molar-refractivity contribution in [2.24, 2.45) is 0 Å². The van der Waals surface area contributed by atoms with Gasteiger partial charge in [0.1, 0.15) is 23.4 Å². The first kappa shape index (κ1) is 24.3. The van der Waals surface area contributed by atoms with E-state index < -0.39 is 11.7 Å². The number of hydrogen-bond acceptors (Lipinski definition) is 4. The summed E-state index contributed by atoms with van der Waals surface area (Å²) in [6, 6.07) is 18.8. The quantitative estimate of drug-likeness (QED) is 0.513. The molecule has 6 nitrogen and oxygen atoms in total. The number of piperidine rings is 1. The van der Waals surface area contributed by atoms with Crippen LogP contribution in [0.2, 0.25) is 0 Å². The minimum atomic E-state index is -0.526. The van der Waals surface area contributed by atoms with Gasteiger partial charge in [-0.15, -0.1) is 0 Å². The summed E-state index contributed by atoms with van der Waals surface area (Å²) in [6.07, 6.45) is 1.51. The van der Waals surface area contributed by atoms with Crippen molar-refractivity contribution >= 4 is 17.5 Å². The molecule has 7 heteroatoms. The summed E-state index contributed by atoms with van der Waals surface area (Å²) in [5.41, 5.74) is 2.68. The molecule has 1 heterocycles. The SMILES string of the molecule is Cc1cccc(C)c1OC1CCN(C(=O)c2ccccc2OCC(=O)Nc2ccccc2F)CC1. The number of halogens is 1. The van der Waals surface area contributed by atoms with Crippen LogP contribution in [-0.2, 0) is 4.79 Å². The summed E-state index contributed by atoms with van der Waals surface area (Å²) in [4.78, 5) is 27.3. The Bertz CT molecular complexity index is 1180. The summed E-state index contributed by atoms with van der Waals surface area (Å²) in [7, 11) is 0. The first-order valence-corrected chi connectivity index (χ1v) is 11.7. The number of hydrogen-bond donors (Lipinski definition) is 1. The minimum Gasteiger partial charge on any atom is -0.490 e. The van der Waals surface area contributed by atoms with Gasteiger partial charge in [0.2, 0.25) is 0 Å². The van der Waals surface area contributed by atoms with Gasteiger partial charge in [-0.05, 0) is 49.2 Å². The maximum absolute atomic E-state index is 13.8. The number of anilines is 1. The molecule has 2 amide bonds. The number of rotatable bonds is 7. The van der Waals surface area contributed by atoms with Gasteiger partial charge in [-0.2, -0.15) is 0 Å². The molecule has 0 atom stereocenters. The van der Waals surface area contributed by atoms with Crippen LogP contribution < -0.4 is 14.8 Å². The van der Waals surface area contributed by atoms with Gasteiger partial charge in [0.05, 0.1) is 11.3 Å². The van der Waals surface area contributed by atoms with Gasteiger partial charge in [0.15, 0.2) is 6.61 Å². The molecular weight excluding hydrogens is 447 g/mol. The maximum atomic E-state index is 13.8. The van der Waals surface area contributed by atoms with Crippen LogP contribution in [0.1, 0.15) is 34.3 Å². The molecule has 1 fully saturated rings. The summed E-state index contributed by atoms with van der Waals surface area (Å²) in [6.45, 7) is 4.86. The molecule has 0 aromatic heterocycles. The lowest BCUT2D eigenvalue weighted by atomic mass is 10.0. The molecule has 0 bridgehead atoms. The Morgan fingerprint density at radius 1 is 0.943 bits per heavy atom. The van der Waals surface area contributed by atoms with Crippen LogP contribution in [0.15, 0.2) is 66.7 Å². The van der Waals surface area contributed by atoms with Crippen molar-refractivity contribution in [3.05, 3.63) is 89.2 Å². The average molecular weight is 477 g/mol. The van der Waals surface area contributed by atoms with E-state index in [0.29, 0.717) is 24.4 Å². The Kier molecular flexibility index (Phi) is 7.65. The van der Waals surface area contributed by atoms with Crippen LogP contribution in [0.3, 0.4) is 0 Å². The maximum Gasteiger partial charge on any atom is 0.262 e. The van der Waals surface area contributed by atoms with E-state index in [-0.39, 0.29) is 24.3 Å². The van der Waals surface area contributed by atoms with Gasteiger partial charge in [-0.25, -0.2) is 4.39 Å². The molecule has 1 N–H and O–H groups in total. The lowest BCUT2D eigenvalue weighted by molar-refractivity contribution is -0.118. The molecule has 3 aromatic rings. The zero-order valence-electron chi connectivity index (χ0n) is 19.9. The van der Waals surface area contributed by atoms with E-state index in [1.54, 1.807) is 41.3 Å². The lowest BCUT2D eigenvalue weighted by Gasteiger charge is -2.33. The number of likely N-dealkylation sites (tertiary alicyclic amines) is 1. The van der Waals surface area contributed by atoms with Crippen LogP contribution in [0.25, 0.3) is 0 Å². The number of benzene rings is 3. The molecular formula is C28H29FN2O4. The number of ether oxygens (including phenoxy) is 2. The van der Waals surface area contributed by atoms with E-state index >= 15 is 0 Å². The smallest absolute Gasteiger partial charge is 0.262 e. The van der Waals surface area contributed by atoms with Crippen LogP contribution in [0, 0.1) is 19.7 Å². The van der Waals surface area contributed by atoms with Crippen molar-refractivity contribution in [1.82, 2.24) is 4.90 Å². The molecule has 0 radical (unpaired) electrons. The number of carbonyl (C=O) groups excluding carboxylic acids is 2. The van der Waals surface area contributed by atoms with E-state index in [1.807, 2.05) is 32.0 Å². The second-order valence-electron chi connectivity index (χ2n) is 8.64. The molecule has 0 saturated carbocycles. The predicted octanol–water partition coefficient (Wildman–Crippen LogP) is 5.14. The molecule has 35 heavy (non-hydrogen) atoms. The van der Waals surface area contributed by atoms with Crippen molar-refractivity contribution in [3.63, 3.8) is 0 Å². The molecule has 0 unspecified atom stereocenters. The molecule has 0 aliphatic carbocycles. The fourth-order valence-electron chi connectivity index (χ4n) is 4.16. The Balaban J connectivity index is 1.34. The van der Waals surface area contributed by atoms with Gasteiger partial charge in [-0.1, -0.05) is 42.5 Å². The number of nitrogens with zero attached hydrogens (tertiary/aromatic N) is 1. The summed E-state index contributed by atoms with van der Waals surface area (Å²) in [5.74, 6) is 0.0450. The van der Waals surface area contributed by atoms with Crippen molar-refractivity contribution < 1.29 is 23.5 Å². The number of para-hydroxylation sites is 3. The normalized spacial score (nSPS) is 13.9. The Morgan fingerprint density at radius 2 is 1.60 bits per heavy atom. The minimum absolute atomic E-state index is 0.0485. The van der Waals surface area contributed by atoms with Crippen LogP contribution in [-0.4, -0.2) is 42.5 Å². The first-order chi connectivity index (χ1) is 16.9. The highest BCUT2D eigenvalue weighted by Gasteiger charge is 2.27. The van der Waals surface area contributed by atoms with Gasteiger partial charge in [-0.3, -0.25) is 9.59 Å². The third-order valence-electron chi connectivity index (χ3n) is 6.05. The molecule has 4 rings (SSSR count). The van der Waals surface area contributed by atoms with Gasteiger partial charge >= 0.3 is 0 Å². The molecule has 3 aromatic carbocycles. The van der Waals surface area contributed by atoms with Gasteiger partial charge in [0.25, 0.3) is 11.8 Å². The van der Waals surface area contributed by atoms with Crippen LogP contribution >= 0.6 is 0 Å². The summed E-state index contributed by atoms with van der Waals surface area (Å²) < 4.78 is 25.7. The van der Waals surface area contributed by atoms with E-state index in [2.05, 4.69) is 5.32 Å². The molecule has 0 spiro atoms. The highest BCUT2D eigenvalue weighted by Crippen LogP contribution is 2.28. The first-order valence-electron chi connectivity index (χ1n) is 11.7. The van der Waals surface area contributed by atoms with Crippen molar-refractivity contribution in [3.8, 4) is 11.5 Å². The monoisotopic (exact) mass is 476 g/mol. The Labute approximate surface area is 204 Å². The van der Waals surface area contributed by atoms with E-state index in [4.69, 9.17) is 9.47 Å². The second-order valence-corrected chi connectivity index (χ2v) is 8.64. The lowest BCUT2D eigenvalue weighted by Crippen LogP contribution is -2.42. The molecule has 1 aliphatic rings. The number of carbonyl (C=O) groups is 2. The standard InChI is InChI=1S/C28H29FN2O4/c1-19-8-7-9-20(2)27(19)35-21-14-16-31(17-15-21)28(33)22-10-3-6-13-25(22)34-18-26(32)30-24-12-5-4-11-23(24)29/h3-13,21H,14-18H2,1-2H3,(H,30,32). The highest BCUT2D eigenvalue weighted by atomic mass is 19.1. The Hall–Kier alpha value is -3.87. The molecule has 182 valence electrons. The average Bonchev–Trinajstić information content (AvgIpc) is 2.87. The number of aryl methyl sites for hydroxylation is 2. The van der Waals surface area contributed by atoms with E-state index in [0.717, 1.165) is 29.7 Å². The third-order valence-corrected chi connectivity index (χ3v) is 6.05. The molecule has 1 saturated heterocycles. The van der Waals surface area contributed by atoms with Crippen molar-refractivity contribution in [2.45, 2.75) is 32.8 Å². The van der Waals surface area contributed by atoms with E-state index in [9.17, 15) is 14.0 Å². The van der Waals surface area contributed by atoms with E-state index in [1.165, 1.54) is 12.1 Å². The largest absolute Gasteiger partial charge is 0.490 e. The third kappa shape index (κ3) is 5.98. The number of amides is 2. The summed E-state index contributed by atoms with van der Waals surface area (Å²) in [5, 5.41) is 2.48. The number of nitrogens with one attached hydrogen (secondary N) is 1. The van der Waals surface area contributed by atoms with Crippen LogP contribution in [0.4, 0.5) is 10.1 Å². The molecule has 1 aliphatic heterocycles. The zero-order chi connectivity index (χ0) is 24.8. The predicted molar refractivity (Wildman–Crippen MR) is 132 cm³/mol. The highest BCUT2D eigenvalue weighted by molar-refractivity contribution is 5.97. The van der Waals surface area contributed by atoms with Crippen LogP contribution in [0.5, 0.6) is 11.5 Å². The second kappa shape index (κ2) is 11.0. The summed E-state index contributed by atoms with van der Waals surface area (Å²) >= 11 is 0. The zero-order valence-corrected chi connectivity index (χ0v) is 19.9. The van der Waals surface area contributed by atoms with Crippen molar-refractivity contribution in [1.29, 1.82) is 0 Å². The Morgan fingerprint density at radius 3 is 2.31 bits per heavy atom. The fourth-order valence-corrected chi connectivity index (χ4v) is 4.16. The van der Waals surface area contributed by atoms with Crippen molar-refractivity contribution in [2.75, 3.05) is 25.0 Å². The van der Waals surface area contributed by atoms with Gasteiger partial charge < -0.3 is 19.7 Å².